The Hall–Kier alpha value is -2.58. The summed E-state index contributed by atoms with van der Waals surface area (Å²) in [5.74, 6) is -0.282. The molecule has 1 unspecified atom stereocenters. The van der Waals surface area contributed by atoms with Crippen LogP contribution in [0.25, 0.3) is 0 Å². The number of likely N-dealkylation sites (N-methyl/N-ethyl adjacent to an activating group) is 2. The minimum Gasteiger partial charge on any atom is -0.441 e. The summed E-state index contributed by atoms with van der Waals surface area (Å²) in [7, 11) is 3.48. The lowest BCUT2D eigenvalue weighted by Gasteiger charge is -2.25. The van der Waals surface area contributed by atoms with Crippen molar-refractivity contribution in [2.24, 2.45) is 0 Å². The van der Waals surface area contributed by atoms with Crippen LogP contribution in [0.4, 0.5) is 4.79 Å². The first-order valence-electron chi connectivity index (χ1n) is 8.95. The summed E-state index contributed by atoms with van der Waals surface area (Å²) in [4.78, 5) is 41.8. The van der Waals surface area contributed by atoms with E-state index >= 15 is 0 Å². The summed E-state index contributed by atoms with van der Waals surface area (Å²) in [6, 6.07) is 1.59. The highest BCUT2D eigenvalue weighted by Crippen LogP contribution is 2.32. The van der Waals surface area contributed by atoms with Crippen LogP contribution < -0.4 is 0 Å². The van der Waals surface area contributed by atoms with Gasteiger partial charge in [-0.1, -0.05) is 0 Å². The van der Waals surface area contributed by atoms with E-state index in [-0.39, 0.29) is 17.9 Å². The Bertz CT molecular complexity index is 775. The lowest BCUT2D eigenvalue weighted by atomic mass is 9.95. The molecule has 2 fully saturated rings. The van der Waals surface area contributed by atoms with Gasteiger partial charge in [0.05, 0.1) is 13.1 Å². The second-order valence-electron chi connectivity index (χ2n) is 7.42. The van der Waals surface area contributed by atoms with Crippen LogP contribution in [0.5, 0.6) is 0 Å². The maximum absolute atomic E-state index is 12.9. The molecule has 0 aromatic carbocycles. The maximum atomic E-state index is 12.9. The van der Waals surface area contributed by atoms with Crippen molar-refractivity contribution in [2.45, 2.75) is 31.4 Å². The average molecular weight is 361 g/mol. The number of rotatable bonds is 1. The highest BCUT2D eigenvalue weighted by Gasteiger charge is 2.45. The van der Waals surface area contributed by atoms with Crippen molar-refractivity contribution in [1.82, 2.24) is 24.5 Å². The van der Waals surface area contributed by atoms with Crippen molar-refractivity contribution >= 4 is 17.9 Å². The van der Waals surface area contributed by atoms with Crippen LogP contribution >= 0.6 is 0 Å². The summed E-state index contributed by atoms with van der Waals surface area (Å²) in [6.45, 7) is 2.85. The standard InChI is InChI=1S/C17H23N5O4/c1-19-8-9-22-13(15(19)24)10-12(18-22)14(23)21-6-3-4-17(5-7-21)11-20(2)16(25)26-17/h10H,3-9,11H2,1-2H3. The molecule has 9 heteroatoms. The molecular weight excluding hydrogens is 338 g/mol. The van der Waals surface area contributed by atoms with Crippen molar-refractivity contribution in [1.29, 1.82) is 0 Å². The monoisotopic (exact) mass is 361 g/mol. The molecule has 3 aliphatic rings. The second kappa shape index (κ2) is 6.00. The number of aromatic nitrogens is 2. The van der Waals surface area contributed by atoms with Crippen LogP contribution in [0.1, 0.15) is 40.2 Å². The van der Waals surface area contributed by atoms with Gasteiger partial charge in [-0.05, 0) is 12.8 Å². The van der Waals surface area contributed by atoms with Crippen molar-refractivity contribution < 1.29 is 19.1 Å². The van der Waals surface area contributed by atoms with Gasteiger partial charge >= 0.3 is 6.09 Å². The fourth-order valence-electron chi connectivity index (χ4n) is 3.99. The number of likely N-dealkylation sites (tertiary alicyclic amines) is 1. The van der Waals surface area contributed by atoms with Crippen LogP contribution in [0.3, 0.4) is 0 Å². The molecule has 0 aliphatic carbocycles. The van der Waals surface area contributed by atoms with Crippen LogP contribution in [-0.2, 0) is 11.3 Å². The molecular formula is C17H23N5O4. The van der Waals surface area contributed by atoms with Crippen LogP contribution in [0.2, 0.25) is 0 Å². The van der Waals surface area contributed by atoms with Crippen LogP contribution in [0, 0.1) is 0 Å². The highest BCUT2D eigenvalue weighted by molar-refractivity contribution is 5.98. The third-order valence-electron chi connectivity index (χ3n) is 5.54. The smallest absolute Gasteiger partial charge is 0.410 e. The zero-order chi connectivity index (χ0) is 18.5. The van der Waals surface area contributed by atoms with E-state index in [0.717, 1.165) is 12.8 Å². The van der Waals surface area contributed by atoms with E-state index in [0.29, 0.717) is 50.5 Å². The van der Waals surface area contributed by atoms with Gasteiger partial charge in [-0.3, -0.25) is 14.3 Å². The van der Waals surface area contributed by atoms with Gasteiger partial charge in [-0.2, -0.15) is 5.10 Å². The topological polar surface area (TPSA) is 88.0 Å². The number of ether oxygens (including phenoxy) is 1. The first-order chi connectivity index (χ1) is 12.4. The normalized spacial score (nSPS) is 26.2. The lowest BCUT2D eigenvalue weighted by Crippen LogP contribution is -2.37. The van der Waals surface area contributed by atoms with Crippen molar-refractivity contribution in [3.05, 3.63) is 17.5 Å². The Morgan fingerprint density at radius 3 is 2.65 bits per heavy atom. The number of hydrogen-bond acceptors (Lipinski definition) is 5. The van der Waals surface area contributed by atoms with Gasteiger partial charge in [0.15, 0.2) is 5.69 Å². The zero-order valence-corrected chi connectivity index (χ0v) is 15.1. The Morgan fingerprint density at radius 1 is 1.12 bits per heavy atom. The third-order valence-corrected chi connectivity index (χ3v) is 5.54. The van der Waals surface area contributed by atoms with Gasteiger partial charge in [0.25, 0.3) is 11.8 Å². The minimum atomic E-state index is -0.493. The quantitative estimate of drug-likeness (QED) is 0.723. The molecule has 1 spiro atoms. The van der Waals surface area contributed by atoms with Gasteiger partial charge in [0.2, 0.25) is 0 Å². The van der Waals surface area contributed by atoms with Crippen LogP contribution in [0.15, 0.2) is 6.07 Å². The summed E-state index contributed by atoms with van der Waals surface area (Å²) < 4.78 is 7.20. The molecule has 9 nitrogen and oxygen atoms in total. The molecule has 3 amide bonds. The number of hydrogen-bond donors (Lipinski definition) is 0. The molecule has 1 atom stereocenters. The number of amides is 3. The van der Waals surface area contributed by atoms with Crippen molar-refractivity contribution in [2.75, 3.05) is 40.3 Å². The fourth-order valence-corrected chi connectivity index (χ4v) is 3.99. The SMILES string of the molecule is CN1CC2(CCCN(C(=O)c3cc4n(n3)CCN(C)C4=O)CC2)OC1=O. The average Bonchev–Trinajstić information content (AvgIpc) is 3.09. The lowest BCUT2D eigenvalue weighted by molar-refractivity contribution is 0.0437. The van der Waals surface area contributed by atoms with E-state index in [4.69, 9.17) is 4.74 Å². The fraction of sp³-hybridized carbons (Fsp3) is 0.647. The molecule has 0 N–H and O–H groups in total. The first-order valence-corrected chi connectivity index (χ1v) is 8.95. The van der Waals surface area contributed by atoms with E-state index < -0.39 is 5.60 Å². The second-order valence-corrected chi connectivity index (χ2v) is 7.42. The minimum absolute atomic E-state index is 0.112. The number of carbonyl (C=O) groups excluding carboxylic acids is 3. The highest BCUT2D eigenvalue weighted by atomic mass is 16.6. The number of nitrogens with zero attached hydrogens (tertiary/aromatic N) is 5. The van der Waals surface area contributed by atoms with E-state index in [1.807, 2.05) is 0 Å². The molecule has 140 valence electrons. The molecule has 1 aromatic heterocycles. The summed E-state index contributed by atoms with van der Waals surface area (Å²) >= 11 is 0. The third kappa shape index (κ3) is 2.71. The Kier molecular flexibility index (Phi) is 3.89. The predicted molar refractivity (Wildman–Crippen MR) is 90.8 cm³/mol. The van der Waals surface area contributed by atoms with E-state index in [9.17, 15) is 14.4 Å². The Labute approximate surface area is 151 Å². The molecule has 4 rings (SSSR count). The Morgan fingerprint density at radius 2 is 1.92 bits per heavy atom. The van der Waals surface area contributed by atoms with Crippen molar-refractivity contribution in [3.8, 4) is 0 Å². The molecule has 0 saturated carbocycles. The van der Waals surface area contributed by atoms with Crippen molar-refractivity contribution in [3.63, 3.8) is 0 Å². The van der Waals surface area contributed by atoms with Gasteiger partial charge in [-0.15, -0.1) is 0 Å². The first kappa shape index (κ1) is 16.9. The molecule has 0 bridgehead atoms. The van der Waals surface area contributed by atoms with E-state index in [1.54, 1.807) is 39.5 Å². The number of carbonyl (C=O) groups is 3. The largest absolute Gasteiger partial charge is 0.441 e. The van der Waals surface area contributed by atoms with E-state index in [1.165, 1.54) is 0 Å². The summed E-state index contributed by atoms with van der Waals surface area (Å²) in [6.07, 6.45) is 1.83. The van der Waals surface area contributed by atoms with Crippen LogP contribution in [-0.4, -0.2) is 88.3 Å². The summed E-state index contributed by atoms with van der Waals surface area (Å²) in [5, 5.41) is 4.34. The van der Waals surface area contributed by atoms with Gasteiger partial charge < -0.3 is 19.4 Å². The summed E-state index contributed by atoms with van der Waals surface area (Å²) in [5.41, 5.74) is 0.271. The molecule has 0 radical (unpaired) electrons. The maximum Gasteiger partial charge on any atom is 0.410 e. The predicted octanol–water partition coefficient (Wildman–Crippen LogP) is 0.416. The van der Waals surface area contributed by atoms with Gasteiger partial charge in [0.1, 0.15) is 11.3 Å². The zero-order valence-electron chi connectivity index (χ0n) is 15.1. The number of fused-ring (bicyclic) bond motifs is 1. The molecule has 3 aliphatic heterocycles. The molecule has 2 saturated heterocycles. The molecule has 26 heavy (non-hydrogen) atoms. The van der Waals surface area contributed by atoms with Gasteiger partial charge in [-0.25, -0.2) is 4.79 Å². The van der Waals surface area contributed by atoms with E-state index in [2.05, 4.69) is 5.10 Å². The molecule has 1 aromatic rings. The Balaban J connectivity index is 1.49. The molecule has 4 heterocycles. The van der Waals surface area contributed by atoms with Gasteiger partial charge in [0, 0.05) is 46.2 Å².